The van der Waals surface area contributed by atoms with Crippen LogP contribution in [0.2, 0.25) is 0 Å². The molecule has 2 heterocycles. The number of hydrogen-bond acceptors (Lipinski definition) is 3. The molecule has 0 atom stereocenters. The van der Waals surface area contributed by atoms with Crippen LogP contribution in [0.1, 0.15) is 30.9 Å². The Hall–Kier alpha value is -1.58. The quantitative estimate of drug-likeness (QED) is 0.680. The number of aliphatic imine (C=N–C) groups is 1. The van der Waals surface area contributed by atoms with Gasteiger partial charge in [-0.1, -0.05) is 0 Å². The van der Waals surface area contributed by atoms with Gasteiger partial charge < -0.3 is 9.63 Å². The molecule has 4 heteroatoms. The molecule has 0 aromatic carbocycles. The van der Waals surface area contributed by atoms with Gasteiger partial charge >= 0.3 is 0 Å². The van der Waals surface area contributed by atoms with Gasteiger partial charge in [0.25, 0.3) is 0 Å². The Labute approximate surface area is 88.5 Å². The Morgan fingerprint density at radius 3 is 3.20 bits per heavy atom. The van der Waals surface area contributed by atoms with E-state index in [1.165, 1.54) is 5.56 Å². The van der Waals surface area contributed by atoms with Crippen molar-refractivity contribution in [3.05, 3.63) is 23.5 Å². The smallest absolute Gasteiger partial charge is 0.129 e. The fourth-order valence-corrected chi connectivity index (χ4v) is 1.54. The number of fused-ring (bicyclic) bond motifs is 1. The predicted octanol–water partition coefficient (Wildman–Crippen LogP) is 1.22. The lowest BCUT2D eigenvalue weighted by molar-refractivity contribution is -0.117. The molecule has 0 radical (unpaired) electrons. The number of nitrogens with zero attached hydrogens (tertiary/aromatic N) is 2. The molecule has 0 fully saturated rings. The lowest BCUT2D eigenvalue weighted by Gasteiger charge is -2.05. The molecule has 1 aliphatic rings. The molecule has 0 saturated heterocycles. The second kappa shape index (κ2) is 4.29. The first kappa shape index (κ1) is 9.96. The van der Waals surface area contributed by atoms with Gasteiger partial charge in [0.1, 0.15) is 12.4 Å². The molecular formula is C11H14N2O2. The largest absolute Gasteiger partial charge is 0.414 e. The molecular weight excluding hydrogens is 192 g/mol. The number of rotatable bonds is 5. The molecule has 1 aromatic heterocycles. The highest BCUT2D eigenvalue weighted by Crippen LogP contribution is 2.14. The summed E-state index contributed by atoms with van der Waals surface area (Å²) in [6.07, 6.45) is 7.06. The third-order valence-corrected chi connectivity index (χ3v) is 2.33. The van der Waals surface area contributed by atoms with Crippen molar-refractivity contribution in [2.75, 3.05) is 6.61 Å². The third kappa shape index (κ3) is 2.46. The second-order valence-electron chi connectivity index (χ2n) is 3.71. The zero-order chi connectivity index (χ0) is 10.7. The van der Waals surface area contributed by atoms with E-state index in [0.717, 1.165) is 18.5 Å². The summed E-state index contributed by atoms with van der Waals surface area (Å²) in [5, 5.41) is 0. The highest BCUT2D eigenvalue weighted by atomic mass is 16.7. The molecule has 0 unspecified atom stereocenters. The van der Waals surface area contributed by atoms with Gasteiger partial charge in [-0.25, -0.2) is 0 Å². The molecule has 0 N–H and O–H groups in total. The fourth-order valence-electron chi connectivity index (χ4n) is 1.54. The summed E-state index contributed by atoms with van der Waals surface area (Å²) in [5.74, 6) is 0.209. The lowest BCUT2D eigenvalue weighted by Crippen LogP contribution is -2.11. The predicted molar refractivity (Wildman–Crippen MR) is 57.1 cm³/mol. The molecule has 1 aliphatic heterocycles. The van der Waals surface area contributed by atoms with Gasteiger partial charge in [-0.3, -0.25) is 4.99 Å². The maximum absolute atomic E-state index is 10.7. The molecule has 0 saturated carbocycles. The number of ketones is 1. The van der Waals surface area contributed by atoms with Gasteiger partial charge in [-0.2, -0.15) is 4.73 Å². The van der Waals surface area contributed by atoms with Crippen molar-refractivity contribution < 1.29 is 9.63 Å². The van der Waals surface area contributed by atoms with Crippen LogP contribution in [0.3, 0.4) is 0 Å². The van der Waals surface area contributed by atoms with Gasteiger partial charge in [-0.05, 0) is 13.3 Å². The van der Waals surface area contributed by atoms with Crippen molar-refractivity contribution in [2.45, 2.75) is 26.3 Å². The van der Waals surface area contributed by atoms with Crippen molar-refractivity contribution in [3.8, 4) is 0 Å². The van der Waals surface area contributed by atoms with E-state index in [-0.39, 0.29) is 5.78 Å². The molecule has 2 rings (SSSR count). The van der Waals surface area contributed by atoms with Crippen LogP contribution in [0.5, 0.6) is 0 Å². The average Bonchev–Trinajstić information content (AvgIpc) is 2.71. The fraction of sp³-hybridized carbons (Fsp3) is 0.455. The number of hydrogen-bond donors (Lipinski definition) is 0. The van der Waals surface area contributed by atoms with E-state index in [2.05, 4.69) is 4.99 Å². The highest BCUT2D eigenvalue weighted by Gasteiger charge is 2.09. The normalized spacial score (nSPS) is 12.9. The van der Waals surface area contributed by atoms with E-state index >= 15 is 0 Å². The Balaban J connectivity index is 1.79. The first-order valence-corrected chi connectivity index (χ1v) is 5.09. The zero-order valence-electron chi connectivity index (χ0n) is 8.77. The van der Waals surface area contributed by atoms with Crippen LogP contribution in [-0.2, 0) is 11.3 Å². The molecule has 0 spiro atoms. The lowest BCUT2D eigenvalue weighted by atomic mass is 10.2. The van der Waals surface area contributed by atoms with Crippen LogP contribution in [0, 0.1) is 0 Å². The second-order valence-corrected chi connectivity index (χ2v) is 3.71. The summed E-state index contributed by atoms with van der Waals surface area (Å²) in [7, 11) is 0. The monoisotopic (exact) mass is 206 g/mol. The van der Waals surface area contributed by atoms with E-state index in [9.17, 15) is 4.79 Å². The van der Waals surface area contributed by atoms with Crippen molar-refractivity contribution in [2.24, 2.45) is 4.99 Å². The first-order chi connectivity index (χ1) is 7.25. The standard InChI is InChI=1S/C11H14N2O2/c1-9(14)3-2-4-15-13-7-10-5-12-6-11(10)8-13/h5,7-8H,2-4,6H2,1H3. The molecule has 0 aliphatic carbocycles. The minimum absolute atomic E-state index is 0.209. The Morgan fingerprint density at radius 1 is 1.60 bits per heavy atom. The first-order valence-electron chi connectivity index (χ1n) is 5.09. The van der Waals surface area contributed by atoms with Gasteiger partial charge in [0.2, 0.25) is 0 Å². The number of carbonyl (C=O) groups excluding carboxylic acids is 1. The number of carbonyl (C=O) groups is 1. The van der Waals surface area contributed by atoms with E-state index in [1.807, 2.05) is 18.6 Å². The number of aromatic nitrogens is 1. The molecule has 0 bridgehead atoms. The Morgan fingerprint density at radius 2 is 2.47 bits per heavy atom. The molecule has 15 heavy (non-hydrogen) atoms. The van der Waals surface area contributed by atoms with E-state index in [0.29, 0.717) is 13.0 Å². The maximum Gasteiger partial charge on any atom is 0.129 e. The summed E-state index contributed by atoms with van der Waals surface area (Å²) in [5.41, 5.74) is 2.32. The number of Topliss-reactive ketones (excluding diaryl/α,β-unsaturated/α-hetero) is 1. The van der Waals surface area contributed by atoms with Crippen LogP contribution in [0.25, 0.3) is 0 Å². The van der Waals surface area contributed by atoms with E-state index in [4.69, 9.17) is 4.84 Å². The van der Waals surface area contributed by atoms with Crippen molar-refractivity contribution >= 4 is 12.0 Å². The summed E-state index contributed by atoms with van der Waals surface area (Å²) < 4.78 is 1.70. The van der Waals surface area contributed by atoms with Crippen LogP contribution in [0.4, 0.5) is 0 Å². The van der Waals surface area contributed by atoms with Gasteiger partial charge in [-0.15, -0.1) is 0 Å². The third-order valence-electron chi connectivity index (χ3n) is 2.33. The highest BCUT2D eigenvalue weighted by molar-refractivity contribution is 5.84. The van der Waals surface area contributed by atoms with Gasteiger partial charge in [0.05, 0.1) is 12.7 Å². The van der Waals surface area contributed by atoms with Crippen LogP contribution in [0.15, 0.2) is 17.4 Å². The molecule has 0 amide bonds. The molecule has 1 aromatic rings. The summed E-state index contributed by atoms with van der Waals surface area (Å²) in [6.45, 7) is 2.92. The van der Waals surface area contributed by atoms with E-state index < -0.39 is 0 Å². The zero-order valence-corrected chi connectivity index (χ0v) is 8.77. The average molecular weight is 206 g/mol. The molecule has 80 valence electrons. The Kier molecular flexibility index (Phi) is 2.85. The Bertz CT molecular complexity index is 393. The van der Waals surface area contributed by atoms with Crippen LogP contribution < -0.4 is 4.84 Å². The SMILES string of the molecule is CC(=O)CCCOn1cc2c(c1)CN=C2. The minimum atomic E-state index is 0.209. The summed E-state index contributed by atoms with van der Waals surface area (Å²) in [6, 6.07) is 0. The maximum atomic E-state index is 10.7. The van der Waals surface area contributed by atoms with E-state index in [1.54, 1.807) is 11.7 Å². The topological polar surface area (TPSA) is 43.6 Å². The van der Waals surface area contributed by atoms with Crippen LogP contribution in [-0.4, -0.2) is 23.3 Å². The minimum Gasteiger partial charge on any atom is -0.414 e. The van der Waals surface area contributed by atoms with Crippen LogP contribution >= 0.6 is 0 Å². The van der Waals surface area contributed by atoms with Gasteiger partial charge in [0, 0.05) is 30.0 Å². The van der Waals surface area contributed by atoms with Crippen molar-refractivity contribution in [3.63, 3.8) is 0 Å². The summed E-state index contributed by atoms with van der Waals surface area (Å²) >= 11 is 0. The van der Waals surface area contributed by atoms with Crippen molar-refractivity contribution in [1.29, 1.82) is 0 Å². The molecule has 4 nitrogen and oxygen atoms in total. The van der Waals surface area contributed by atoms with Gasteiger partial charge in [0.15, 0.2) is 0 Å². The summed E-state index contributed by atoms with van der Waals surface area (Å²) in [4.78, 5) is 20.3. The van der Waals surface area contributed by atoms with Crippen molar-refractivity contribution in [1.82, 2.24) is 4.73 Å².